The second-order valence-corrected chi connectivity index (χ2v) is 12.4. The molecule has 3 fully saturated rings. The summed E-state index contributed by atoms with van der Waals surface area (Å²) in [7, 11) is 0. The molecule has 3 aromatic carbocycles. The molecule has 6 atom stereocenters. The van der Waals surface area contributed by atoms with Gasteiger partial charge in [0.2, 0.25) is 23.6 Å². The summed E-state index contributed by atoms with van der Waals surface area (Å²) in [4.78, 5) is 69.9. The lowest BCUT2D eigenvalue weighted by atomic mass is 9.51. The average molecular weight is 622 g/mol. The standard InChI is InChI=1S/C35H31N3O8/c1-3-46-27-14-8-13-24(30(27)39)29-22-15-16-23-28(33(42)36(31(23)40)20-11-7-12-21(17-20)38(44)45)25(22)18-26-32(41)37(34(43)35(26,29)2)19-9-5-4-6-10-19/h4-15,17,23,25-26,28-29,39H,3,16,18H2,1-2H3. The van der Waals surface area contributed by atoms with Crippen LogP contribution in [0, 0.1) is 39.2 Å². The lowest BCUT2D eigenvalue weighted by Gasteiger charge is -2.49. The summed E-state index contributed by atoms with van der Waals surface area (Å²) in [6.45, 7) is 3.83. The van der Waals surface area contributed by atoms with Crippen molar-refractivity contribution < 1.29 is 33.9 Å². The van der Waals surface area contributed by atoms with Gasteiger partial charge in [0.25, 0.3) is 5.69 Å². The number of hydrogen-bond donors (Lipinski definition) is 1. The predicted octanol–water partition coefficient (Wildman–Crippen LogP) is 5.13. The lowest BCUT2D eigenvalue weighted by molar-refractivity contribution is -0.384. The molecule has 4 aliphatic rings. The summed E-state index contributed by atoms with van der Waals surface area (Å²) < 4.78 is 5.69. The number of amides is 4. The van der Waals surface area contributed by atoms with Crippen LogP contribution < -0.4 is 14.5 Å². The van der Waals surface area contributed by atoms with Crippen molar-refractivity contribution in [2.45, 2.75) is 32.6 Å². The zero-order chi connectivity index (χ0) is 32.5. The summed E-state index contributed by atoms with van der Waals surface area (Å²) in [5, 5.41) is 23.0. The van der Waals surface area contributed by atoms with Crippen LogP contribution in [-0.2, 0) is 19.2 Å². The van der Waals surface area contributed by atoms with Crippen LogP contribution >= 0.6 is 0 Å². The van der Waals surface area contributed by atoms with Gasteiger partial charge < -0.3 is 9.84 Å². The average Bonchev–Trinajstić information content (AvgIpc) is 3.42. The van der Waals surface area contributed by atoms with Gasteiger partial charge in [0.1, 0.15) is 0 Å². The molecule has 0 aromatic heterocycles. The van der Waals surface area contributed by atoms with Crippen LogP contribution in [0.25, 0.3) is 0 Å². The summed E-state index contributed by atoms with van der Waals surface area (Å²) in [6.07, 6.45) is 2.22. The smallest absolute Gasteiger partial charge is 0.271 e. The van der Waals surface area contributed by atoms with Crippen molar-refractivity contribution in [3.05, 3.63) is 100 Å². The van der Waals surface area contributed by atoms with Crippen molar-refractivity contribution in [2.24, 2.45) is 29.1 Å². The van der Waals surface area contributed by atoms with Crippen molar-refractivity contribution in [2.75, 3.05) is 16.4 Å². The first-order chi connectivity index (χ1) is 22.1. The number of allylic oxidation sites excluding steroid dienone is 2. The van der Waals surface area contributed by atoms with Gasteiger partial charge in [-0.1, -0.05) is 48.0 Å². The van der Waals surface area contributed by atoms with Gasteiger partial charge in [0.15, 0.2) is 11.5 Å². The number of phenolic OH excluding ortho intramolecular Hbond substituents is 1. The van der Waals surface area contributed by atoms with E-state index in [-0.39, 0.29) is 35.7 Å². The fraction of sp³-hybridized carbons (Fsp3) is 0.314. The molecule has 11 nitrogen and oxygen atoms in total. The predicted molar refractivity (Wildman–Crippen MR) is 166 cm³/mol. The van der Waals surface area contributed by atoms with Crippen LogP contribution in [-0.4, -0.2) is 40.3 Å². The third-order valence-corrected chi connectivity index (χ3v) is 10.2. The Bertz CT molecular complexity index is 1860. The molecule has 3 aromatic rings. The third-order valence-electron chi connectivity index (χ3n) is 10.2. The number of non-ortho nitro benzene ring substituents is 1. The summed E-state index contributed by atoms with van der Waals surface area (Å²) in [6, 6.07) is 19.1. The summed E-state index contributed by atoms with van der Waals surface area (Å²) in [5.41, 5.74) is 0.0783. The fourth-order valence-corrected chi connectivity index (χ4v) is 8.23. The number of phenols is 1. The Labute approximate surface area is 264 Å². The molecule has 2 aliphatic heterocycles. The number of carbonyl (C=O) groups excluding carboxylic acids is 4. The van der Waals surface area contributed by atoms with Gasteiger partial charge in [-0.15, -0.1) is 0 Å². The van der Waals surface area contributed by atoms with Crippen LogP contribution in [0.1, 0.15) is 38.2 Å². The van der Waals surface area contributed by atoms with E-state index in [0.29, 0.717) is 23.4 Å². The van der Waals surface area contributed by atoms with E-state index in [1.54, 1.807) is 62.4 Å². The lowest BCUT2D eigenvalue weighted by Crippen LogP contribution is -2.48. The number of anilines is 2. The van der Waals surface area contributed by atoms with E-state index in [9.17, 15) is 34.4 Å². The Balaban J connectivity index is 1.37. The van der Waals surface area contributed by atoms with Crippen molar-refractivity contribution >= 4 is 40.7 Å². The van der Waals surface area contributed by atoms with Gasteiger partial charge in [-0.3, -0.25) is 29.3 Å². The largest absolute Gasteiger partial charge is 0.504 e. The van der Waals surface area contributed by atoms with Crippen molar-refractivity contribution in [1.82, 2.24) is 0 Å². The van der Waals surface area contributed by atoms with Gasteiger partial charge >= 0.3 is 0 Å². The zero-order valence-electron chi connectivity index (χ0n) is 25.2. The first kappa shape index (κ1) is 29.4. The Morgan fingerprint density at radius 1 is 0.913 bits per heavy atom. The molecular formula is C35H31N3O8. The monoisotopic (exact) mass is 621 g/mol. The van der Waals surface area contributed by atoms with Crippen molar-refractivity contribution in [1.29, 1.82) is 0 Å². The topological polar surface area (TPSA) is 147 Å². The van der Waals surface area contributed by atoms with Gasteiger partial charge in [0.05, 0.1) is 46.1 Å². The maximum absolute atomic E-state index is 14.5. The van der Waals surface area contributed by atoms with Crippen LogP contribution in [0.15, 0.2) is 84.4 Å². The number of hydrogen-bond acceptors (Lipinski definition) is 8. The minimum absolute atomic E-state index is 0.113. The number of aromatic hydroxyl groups is 1. The number of benzene rings is 3. The van der Waals surface area contributed by atoms with Gasteiger partial charge in [-0.25, -0.2) is 9.80 Å². The molecule has 0 spiro atoms. The number of ether oxygens (including phenoxy) is 1. The molecule has 2 heterocycles. The van der Waals surface area contributed by atoms with E-state index in [1.807, 2.05) is 6.08 Å². The Morgan fingerprint density at radius 2 is 1.63 bits per heavy atom. The molecule has 0 bridgehead atoms. The molecule has 0 radical (unpaired) electrons. The number of rotatable bonds is 6. The number of nitro groups is 1. The number of nitrogens with zero attached hydrogens (tertiary/aromatic N) is 3. The highest BCUT2D eigenvalue weighted by molar-refractivity contribution is 6.25. The second-order valence-electron chi connectivity index (χ2n) is 12.4. The van der Waals surface area contributed by atoms with Gasteiger partial charge in [-0.2, -0.15) is 0 Å². The molecule has 2 saturated heterocycles. The SMILES string of the molecule is CCOc1cccc(C2C3=CCC4C(=O)N(c5cccc([N+](=O)[O-])c5)C(=O)C4C3CC3C(=O)N(c4ccccc4)C(=O)C32C)c1O. The highest BCUT2D eigenvalue weighted by Crippen LogP contribution is 2.65. The second kappa shape index (κ2) is 10.6. The molecule has 2 aliphatic carbocycles. The third kappa shape index (κ3) is 4.03. The van der Waals surface area contributed by atoms with Crippen molar-refractivity contribution in [3.63, 3.8) is 0 Å². The van der Waals surface area contributed by atoms with E-state index in [0.717, 1.165) is 4.90 Å². The molecule has 1 N–H and O–H groups in total. The van der Waals surface area contributed by atoms with E-state index >= 15 is 0 Å². The molecule has 6 unspecified atom stereocenters. The minimum atomic E-state index is -1.32. The van der Waals surface area contributed by atoms with Crippen LogP contribution in [0.3, 0.4) is 0 Å². The first-order valence-electron chi connectivity index (χ1n) is 15.3. The zero-order valence-corrected chi connectivity index (χ0v) is 25.2. The number of imide groups is 2. The molecular weight excluding hydrogens is 590 g/mol. The van der Waals surface area contributed by atoms with Gasteiger partial charge in [-0.05, 0) is 56.9 Å². The van der Waals surface area contributed by atoms with E-state index in [1.165, 1.54) is 29.2 Å². The quantitative estimate of drug-likeness (QED) is 0.172. The van der Waals surface area contributed by atoms with Gasteiger partial charge in [0, 0.05) is 23.6 Å². The molecule has 7 rings (SSSR count). The van der Waals surface area contributed by atoms with Crippen LogP contribution in [0.2, 0.25) is 0 Å². The number of carbonyl (C=O) groups is 4. The number of para-hydroxylation sites is 2. The van der Waals surface area contributed by atoms with E-state index in [4.69, 9.17) is 4.74 Å². The summed E-state index contributed by atoms with van der Waals surface area (Å²) in [5.74, 6) is -5.57. The molecule has 46 heavy (non-hydrogen) atoms. The van der Waals surface area contributed by atoms with E-state index < -0.39 is 63.6 Å². The Hall–Kier alpha value is -5.32. The highest BCUT2D eigenvalue weighted by Gasteiger charge is 2.68. The maximum atomic E-state index is 14.5. The first-order valence-corrected chi connectivity index (χ1v) is 15.3. The Morgan fingerprint density at radius 3 is 2.35 bits per heavy atom. The van der Waals surface area contributed by atoms with Crippen LogP contribution in [0.5, 0.6) is 11.5 Å². The normalized spacial score (nSPS) is 28.5. The maximum Gasteiger partial charge on any atom is 0.271 e. The number of nitro benzene ring substituents is 1. The highest BCUT2D eigenvalue weighted by atomic mass is 16.6. The molecule has 234 valence electrons. The Kier molecular flexibility index (Phi) is 6.80. The fourth-order valence-electron chi connectivity index (χ4n) is 8.23. The number of fused-ring (bicyclic) bond motifs is 4. The molecule has 4 amide bonds. The minimum Gasteiger partial charge on any atom is -0.504 e. The molecule has 1 saturated carbocycles. The summed E-state index contributed by atoms with van der Waals surface area (Å²) >= 11 is 0. The molecule has 11 heteroatoms. The van der Waals surface area contributed by atoms with E-state index in [2.05, 4.69) is 0 Å². The van der Waals surface area contributed by atoms with Crippen molar-refractivity contribution in [3.8, 4) is 11.5 Å². The van der Waals surface area contributed by atoms with Crippen LogP contribution in [0.4, 0.5) is 17.1 Å².